The number of anilines is 1. The number of carbonyl (C=O) groups excluding carboxylic acids is 1. The third-order valence-electron chi connectivity index (χ3n) is 3.74. The van der Waals surface area contributed by atoms with Gasteiger partial charge in [-0.2, -0.15) is 0 Å². The van der Waals surface area contributed by atoms with Gasteiger partial charge in [0.1, 0.15) is 5.82 Å². The van der Waals surface area contributed by atoms with E-state index in [2.05, 4.69) is 26.0 Å². The van der Waals surface area contributed by atoms with Crippen molar-refractivity contribution in [2.75, 3.05) is 18.4 Å². The van der Waals surface area contributed by atoms with Crippen LogP contribution in [-0.2, 0) is 0 Å². The molecular formula is C18H16N6O3. The summed E-state index contributed by atoms with van der Waals surface area (Å²) in [6.45, 7) is 0.884. The lowest BCUT2D eigenvalue weighted by Crippen LogP contribution is -2.29. The van der Waals surface area contributed by atoms with E-state index in [1.807, 2.05) is 41.2 Å². The molecule has 0 atom stereocenters. The fraction of sp³-hybridized carbons (Fsp3) is 0.111. The Morgan fingerprint density at radius 2 is 1.93 bits per heavy atom. The number of aromatic nitrogens is 4. The van der Waals surface area contributed by atoms with Gasteiger partial charge < -0.3 is 24.1 Å². The van der Waals surface area contributed by atoms with Gasteiger partial charge in [0.05, 0.1) is 6.26 Å². The van der Waals surface area contributed by atoms with E-state index in [0.29, 0.717) is 30.4 Å². The Labute approximate surface area is 154 Å². The Balaban J connectivity index is 1.24. The number of hydrogen-bond acceptors (Lipinski definition) is 7. The van der Waals surface area contributed by atoms with Gasteiger partial charge in [-0.05, 0) is 36.4 Å². The van der Waals surface area contributed by atoms with Gasteiger partial charge in [-0.15, -0.1) is 10.2 Å². The molecule has 0 saturated heterocycles. The summed E-state index contributed by atoms with van der Waals surface area (Å²) < 4.78 is 12.2. The van der Waals surface area contributed by atoms with Crippen LogP contribution in [0.4, 0.5) is 5.82 Å². The van der Waals surface area contributed by atoms with Crippen molar-refractivity contribution in [2.45, 2.75) is 0 Å². The summed E-state index contributed by atoms with van der Waals surface area (Å²) in [5.74, 6) is 1.96. The average Bonchev–Trinajstić information content (AvgIpc) is 3.47. The number of nitrogens with zero attached hydrogens (tertiary/aromatic N) is 4. The minimum Gasteiger partial charge on any atom is -0.461 e. The second-order valence-corrected chi connectivity index (χ2v) is 5.60. The Hall–Kier alpha value is -3.88. The van der Waals surface area contributed by atoms with Crippen LogP contribution in [0.15, 0.2) is 70.1 Å². The third-order valence-corrected chi connectivity index (χ3v) is 3.74. The van der Waals surface area contributed by atoms with Crippen molar-refractivity contribution in [1.29, 1.82) is 0 Å². The highest BCUT2D eigenvalue weighted by Gasteiger charge is 2.14. The maximum absolute atomic E-state index is 12.1. The van der Waals surface area contributed by atoms with Crippen molar-refractivity contribution < 1.29 is 13.7 Å². The van der Waals surface area contributed by atoms with Crippen molar-refractivity contribution in [1.82, 2.24) is 25.2 Å². The number of hydrogen-bond donors (Lipinski definition) is 2. The maximum atomic E-state index is 12.1. The van der Waals surface area contributed by atoms with E-state index < -0.39 is 0 Å². The lowest BCUT2D eigenvalue weighted by atomic mass is 10.3. The summed E-state index contributed by atoms with van der Waals surface area (Å²) in [5, 5.41) is 17.9. The highest BCUT2D eigenvalue weighted by Crippen LogP contribution is 2.20. The standard InChI is InChI=1S/C18H16N6O3/c25-18(13-12-15(27-23-13)14-4-3-11-26-14)20-8-7-19-16-5-6-17(22-21-16)24-9-1-2-10-24/h1-6,9-12H,7-8H2,(H,19,21)(H,20,25). The summed E-state index contributed by atoms with van der Waals surface area (Å²) in [4.78, 5) is 12.1. The molecule has 0 aliphatic heterocycles. The zero-order valence-electron chi connectivity index (χ0n) is 14.2. The molecule has 0 bridgehead atoms. The van der Waals surface area contributed by atoms with Crippen molar-refractivity contribution in [3.8, 4) is 17.3 Å². The first-order valence-electron chi connectivity index (χ1n) is 8.29. The van der Waals surface area contributed by atoms with Crippen molar-refractivity contribution in [2.24, 2.45) is 0 Å². The molecular weight excluding hydrogens is 348 g/mol. The minimum absolute atomic E-state index is 0.192. The molecule has 0 aliphatic rings. The molecule has 0 fully saturated rings. The van der Waals surface area contributed by atoms with Gasteiger partial charge in [-0.3, -0.25) is 4.79 Å². The summed E-state index contributed by atoms with van der Waals surface area (Å²) in [5.41, 5.74) is 0.192. The quantitative estimate of drug-likeness (QED) is 0.484. The molecule has 0 spiro atoms. The highest BCUT2D eigenvalue weighted by atomic mass is 16.5. The molecule has 0 unspecified atom stereocenters. The van der Waals surface area contributed by atoms with E-state index in [4.69, 9.17) is 8.94 Å². The van der Waals surface area contributed by atoms with Crippen LogP contribution in [0.5, 0.6) is 0 Å². The van der Waals surface area contributed by atoms with Crippen LogP contribution in [-0.4, -0.2) is 38.9 Å². The van der Waals surface area contributed by atoms with E-state index in [0.717, 1.165) is 5.82 Å². The van der Waals surface area contributed by atoms with Crippen molar-refractivity contribution >= 4 is 11.7 Å². The summed E-state index contributed by atoms with van der Waals surface area (Å²) >= 11 is 0. The summed E-state index contributed by atoms with van der Waals surface area (Å²) in [6, 6.07) is 12.5. The minimum atomic E-state index is -0.326. The largest absolute Gasteiger partial charge is 0.461 e. The average molecular weight is 364 g/mol. The SMILES string of the molecule is O=C(NCCNc1ccc(-n2cccc2)nn1)c1cc(-c2ccco2)on1. The van der Waals surface area contributed by atoms with Gasteiger partial charge in [0.15, 0.2) is 17.3 Å². The molecule has 27 heavy (non-hydrogen) atoms. The topological polar surface area (TPSA) is 111 Å². The summed E-state index contributed by atoms with van der Waals surface area (Å²) in [6.07, 6.45) is 5.32. The van der Waals surface area contributed by atoms with Gasteiger partial charge in [0, 0.05) is 31.5 Å². The van der Waals surface area contributed by atoms with E-state index in [-0.39, 0.29) is 11.6 Å². The van der Waals surface area contributed by atoms with Crippen molar-refractivity contribution in [3.05, 3.63) is 66.8 Å². The number of rotatable bonds is 7. The van der Waals surface area contributed by atoms with Crippen LogP contribution in [0.3, 0.4) is 0 Å². The highest BCUT2D eigenvalue weighted by molar-refractivity contribution is 5.92. The molecule has 1 amide bonds. The molecule has 136 valence electrons. The number of amides is 1. The van der Waals surface area contributed by atoms with E-state index >= 15 is 0 Å². The normalized spacial score (nSPS) is 10.7. The molecule has 4 aromatic rings. The first-order valence-corrected chi connectivity index (χ1v) is 8.29. The predicted octanol–water partition coefficient (Wildman–Crippen LogP) is 2.36. The lowest BCUT2D eigenvalue weighted by Gasteiger charge is -2.06. The Morgan fingerprint density at radius 1 is 1.04 bits per heavy atom. The van der Waals surface area contributed by atoms with Crippen LogP contribution in [0.2, 0.25) is 0 Å². The van der Waals surface area contributed by atoms with E-state index in [1.54, 1.807) is 12.1 Å². The molecule has 2 N–H and O–H groups in total. The monoisotopic (exact) mass is 364 g/mol. The molecule has 4 aromatic heterocycles. The molecule has 9 heteroatoms. The van der Waals surface area contributed by atoms with E-state index in [1.165, 1.54) is 12.3 Å². The first-order chi connectivity index (χ1) is 13.3. The fourth-order valence-electron chi connectivity index (χ4n) is 2.42. The van der Waals surface area contributed by atoms with Gasteiger partial charge in [0.25, 0.3) is 5.91 Å². The van der Waals surface area contributed by atoms with Gasteiger partial charge >= 0.3 is 0 Å². The van der Waals surface area contributed by atoms with Gasteiger partial charge in [0.2, 0.25) is 5.76 Å². The fourth-order valence-corrected chi connectivity index (χ4v) is 2.42. The number of furan rings is 1. The number of nitrogens with one attached hydrogen (secondary N) is 2. The predicted molar refractivity (Wildman–Crippen MR) is 96.4 cm³/mol. The second kappa shape index (κ2) is 7.56. The third kappa shape index (κ3) is 3.87. The van der Waals surface area contributed by atoms with Crippen LogP contribution in [0.1, 0.15) is 10.5 Å². The van der Waals surface area contributed by atoms with Gasteiger partial charge in [-0.1, -0.05) is 5.16 Å². The molecule has 0 saturated carbocycles. The molecule has 9 nitrogen and oxygen atoms in total. The Bertz CT molecular complexity index is 990. The van der Waals surface area contributed by atoms with Crippen LogP contribution < -0.4 is 10.6 Å². The Kier molecular flexibility index (Phi) is 4.64. The van der Waals surface area contributed by atoms with E-state index in [9.17, 15) is 4.79 Å². The second-order valence-electron chi connectivity index (χ2n) is 5.60. The molecule has 4 rings (SSSR count). The molecule has 0 aromatic carbocycles. The summed E-state index contributed by atoms with van der Waals surface area (Å²) in [7, 11) is 0. The number of carbonyl (C=O) groups is 1. The zero-order chi connectivity index (χ0) is 18.5. The van der Waals surface area contributed by atoms with Crippen molar-refractivity contribution in [3.63, 3.8) is 0 Å². The van der Waals surface area contributed by atoms with Crippen LogP contribution >= 0.6 is 0 Å². The van der Waals surface area contributed by atoms with Crippen LogP contribution in [0.25, 0.3) is 17.3 Å². The van der Waals surface area contributed by atoms with Crippen LogP contribution in [0, 0.1) is 0 Å². The molecule has 4 heterocycles. The molecule has 0 aliphatic carbocycles. The molecule has 0 radical (unpaired) electrons. The zero-order valence-corrected chi connectivity index (χ0v) is 14.2. The van der Waals surface area contributed by atoms with Gasteiger partial charge in [-0.25, -0.2) is 0 Å². The Morgan fingerprint density at radius 3 is 2.67 bits per heavy atom. The lowest BCUT2D eigenvalue weighted by molar-refractivity contribution is 0.0946. The first kappa shape index (κ1) is 16.6. The smallest absolute Gasteiger partial charge is 0.273 e. The maximum Gasteiger partial charge on any atom is 0.273 e.